The average molecular weight is 416 g/mol. The quantitative estimate of drug-likeness (QED) is 0.422. The molecule has 0 aliphatic heterocycles. The van der Waals surface area contributed by atoms with E-state index in [0.717, 1.165) is 30.4 Å². The van der Waals surface area contributed by atoms with Gasteiger partial charge in [0.05, 0.1) is 18.9 Å². The maximum Gasteiger partial charge on any atom is 0.228 e. The Morgan fingerprint density at radius 2 is 1.87 bits per heavy atom. The van der Waals surface area contributed by atoms with E-state index >= 15 is 0 Å². The van der Waals surface area contributed by atoms with Crippen molar-refractivity contribution in [3.63, 3.8) is 0 Å². The van der Waals surface area contributed by atoms with Gasteiger partial charge in [0.1, 0.15) is 11.6 Å². The van der Waals surface area contributed by atoms with Gasteiger partial charge in [-0.1, -0.05) is 36.4 Å². The zero-order chi connectivity index (χ0) is 21.5. The maximum atomic E-state index is 5.89. The fourth-order valence-corrected chi connectivity index (χ4v) is 3.30. The molecule has 3 N–H and O–H groups in total. The number of aryl methyl sites for hydroxylation is 2. The first-order chi connectivity index (χ1) is 15.2. The third-order valence-electron chi connectivity index (χ3n) is 4.82. The predicted octanol–water partition coefficient (Wildman–Crippen LogP) is 3.90. The summed E-state index contributed by atoms with van der Waals surface area (Å²) in [6, 6.07) is 16.2. The standard InChI is InChI=1S/C23H24N6O2/c1-30-19-12-17(10-11-18(19)20-14-25-15-31-20)13-26-23-28-21(27-22(24)29-23)9-5-8-16-6-3-2-4-7-16/h2-4,6-7,10-12,14-15H,5,8-9,13H2,1H3,(H3,24,26,27,28,29). The largest absolute Gasteiger partial charge is 0.496 e. The lowest BCUT2D eigenvalue weighted by atomic mass is 10.1. The summed E-state index contributed by atoms with van der Waals surface area (Å²) in [6.45, 7) is 0.514. The molecule has 2 aromatic carbocycles. The number of hydrogen-bond donors (Lipinski definition) is 2. The van der Waals surface area contributed by atoms with E-state index in [0.29, 0.717) is 29.8 Å². The van der Waals surface area contributed by atoms with Crippen LogP contribution in [0, 0.1) is 0 Å². The van der Waals surface area contributed by atoms with E-state index in [1.165, 1.54) is 12.0 Å². The Labute approximate surface area is 180 Å². The van der Waals surface area contributed by atoms with Gasteiger partial charge in [0.2, 0.25) is 11.9 Å². The molecule has 2 aromatic heterocycles. The van der Waals surface area contributed by atoms with Crippen LogP contribution >= 0.6 is 0 Å². The van der Waals surface area contributed by atoms with Crippen LogP contribution in [-0.2, 0) is 19.4 Å². The van der Waals surface area contributed by atoms with Gasteiger partial charge < -0.3 is 20.2 Å². The Morgan fingerprint density at radius 1 is 1.00 bits per heavy atom. The molecule has 4 aromatic rings. The molecule has 31 heavy (non-hydrogen) atoms. The average Bonchev–Trinajstić information content (AvgIpc) is 3.33. The van der Waals surface area contributed by atoms with Crippen LogP contribution in [0.2, 0.25) is 0 Å². The summed E-state index contributed by atoms with van der Waals surface area (Å²) in [5.41, 5.74) is 9.04. The van der Waals surface area contributed by atoms with Crippen molar-refractivity contribution in [2.24, 2.45) is 0 Å². The van der Waals surface area contributed by atoms with E-state index in [1.54, 1.807) is 13.3 Å². The second-order valence-electron chi connectivity index (χ2n) is 7.03. The van der Waals surface area contributed by atoms with E-state index in [-0.39, 0.29) is 5.95 Å². The van der Waals surface area contributed by atoms with Crippen molar-refractivity contribution in [2.45, 2.75) is 25.8 Å². The van der Waals surface area contributed by atoms with Crippen molar-refractivity contribution < 1.29 is 9.15 Å². The Balaban J connectivity index is 1.39. The number of methoxy groups -OCH3 is 1. The van der Waals surface area contributed by atoms with Gasteiger partial charge in [-0.2, -0.15) is 15.0 Å². The van der Waals surface area contributed by atoms with Crippen LogP contribution < -0.4 is 15.8 Å². The van der Waals surface area contributed by atoms with Gasteiger partial charge in [-0.15, -0.1) is 0 Å². The van der Waals surface area contributed by atoms with Gasteiger partial charge in [0, 0.05) is 13.0 Å². The molecular formula is C23H24N6O2. The third kappa shape index (κ3) is 5.36. The molecule has 0 radical (unpaired) electrons. The topological polar surface area (TPSA) is 112 Å². The lowest BCUT2D eigenvalue weighted by molar-refractivity contribution is 0.414. The Kier molecular flexibility index (Phi) is 6.37. The zero-order valence-corrected chi connectivity index (χ0v) is 17.3. The molecular weight excluding hydrogens is 392 g/mol. The van der Waals surface area contributed by atoms with Crippen LogP contribution in [0.1, 0.15) is 23.4 Å². The molecule has 0 atom stereocenters. The number of nitrogens with two attached hydrogens (primary N) is 1. The summed E-state index contributed by atoms with van der Waals surface area (Å²) in [7, 11) is 1.63. The van der Waals surface area contributed by atoms with Crippen molar-refractivity contribution in [3.05, 3.63) is 78.1 Å². The molecule has 0 amide bonds. The predicted molar refractivity (Wildman–Crippen MR) is 119 cm³/mol. The van der Waals surface area contributed by atoms with Crippen LogP contribution in [0.5, 0.6) is 5.75 Å². The number of nitrogens with one attached hydrogen (secondary N) is 1. The summed E-state index contributed by atoms with van der Waals surface area (Å²) in [5.74, 6) is 2.71. The van der Waals surface area contributed by atoms with Crippen molar-refractivity contribution in [1.29, 1.82) is 0 Å². The molecule has 4 rings (SSSR count). The number of benzene rings is 2. The van der Waals surface area contributed by atoms with Crippen molar-refractivity contribution in [1.82, 2.24) is 19.9 Å². The highest BCUT2D eigenvalue weighted by Crippen LogP contribution is 2.30. The molecule has 0 saturated carbocycles. The summed E-state index contributed by atoms with van der Waals surface area (Å²) >= 11 is 0. The molecule has 2 heterocycles. The second-order valence-corrected chi connectivity index (χ2v) is 7.03. The normalized spacial score (nSPS) is 10.7. The van der Waals surface area contributed by atoms with Crippen LogP contribution in [-0.4, -0.2) is 27.0 Å². The summed E-state index contributed by atoms with van der Waals surface area (Å²) in [4.78, 5) is 16.9. The zero-order valence-electron chi connectivity index (χ0n) is 17.3. The highest BCUT2D eigenvalue weighted by molar-refractivity contribution is 5.65. The molecule has 0 unspecified atom stereocenters. The molecule has 8 heteroatoms. The van der Waals surface area contributed by atoms with Gasteiger partial charge in [0.15, 0.2) is 12.2 Å². The molecule has 0 bridgehead atoms. The lowest BCUT2D eigenvalue weighted by Crippen LogP contribution is -2.10. The third-order valence-corrected chi connectivity index (χ3v) is 4.82. The smallest absolute Gasteiger partial charge is 0.228 e. The Morgan fingerprint density at radius 3 is 2.65 bits per heavy atom. The first-order valence-electron chi connectivity index (χ1n) is 10.1. The second kappa shape index (κ2) is 9.71. The number of rotatable bonds is 9. The fraction of sp³-hybridized carbons (Fsp3) is 0.217. The van der Waals surface area contributed by atoms with Gasteiger partial charge in [-0.05, 0) is 36.1 Å². The van der Waals surface area contributed by atoms with Crippen LogP contribution in [0.15, 0.2) is 65.5 Å². The number of oxazole rings is 1. The number of aromatic nitrogens is 4. The SMILES string of the molecule is COc1cc(CNc2nc(N)nc(CCCc3ccccc3)n2)ccc1-c1cnco1. The number of nitrogen functional groups attached to an aromatic ring is 1. The van der Waals surface area contributed by atoms with E-state index in [2.05, 4.69) is 37.4 Å². The van der Waals surface area contributed by atoms with Gasteiger partial charge in [-0.3, -0.25) is 0 Å². The summed E-state index contributed by atoms with van der Waals surface area (Å²) in [6.07, 6.45) is 5.69. The van der Waals surface area contributed by atoms with E-state index < -0.39 is 0 Å². The van der Waals surface area contributed by atoms with E-state index in [4.69, 9.17) is 14.9 Å². The molecule has 8 nitrogen and oxygen atoms in total. The van der Waals surface area contributed by atoms with Crippen LogP contribution in [0.3, 0.4) is 0 Å². The summed E-state index contributed by atoms with van der Waals surface area (Å²) in [5, 5.41) is 3.22. The summed E-state index contributed by atoms with van der Waals surface area (Å²) < 4.78 is 10.9. The number of hydrogen-bond acceptors (Lipinski definition) is 8. The fourth-order valence-electron chi connectivity index (χ4n) is 3.30. The van der Waals surface area contributed by atoms with Crippen molar-refractivity contribution in [2.75, 3.05) is 18.2 Å². The van der Waals surface area contributed by atoms with Crippen LogP contribution in [0.4, 0.5) is 11.9 Å². The highest BCUT2D eigenvalue weighted by Gasteiger charge is 2.11. The minimum Gasteiger partial charge on any atom is -0.496 e. The molecule has 0 aliphatic carbocycles. The van der Waals surface area contributed by atoms with Crippen molar-refractivity contribution in [3.8, 4) is 17.1 Å². The molecule has 0 saturated heterocycles. The minimum atomic E-state index is 0.213. The monoisotopic (exact) mass is 416 g/mol. The molecule has 158 valence electrons. The number of nitrogens with zero attached hydrogens (tertiary/aromatic N) is 4. The maximum absolute atomic E-state index is 5.89. The van der Waals surface area contributed by atoms with Crippen molar-refractivity contribution >= 4 is 11.9 Å². The first kappa shape index (κ1) is 20.3. The molecule has 0 spiro atoms. The first-order valence-corrected chi connectivity index (χ1v) is 10.1. The van der Waals surface area contributed by atoms with Crippen LogP contribution in [0.25, 0.3) is 11.3 Å². The van der Waals surface area contributed by atoms with Gasteiger partial charge in [0.25, 0.3) is 0 Å². The lowest BCUT2D eigenvalue weighted by Gasteiger charge is -2.11. The molecule has 0 fully saturated rings. The minimum absolute atomic E-state index is 0.213. The Hall–Kier alpha value is -3.94. The van der Waals surface area contributed by atoms with Gasteiger partial charge >= 0.3 is 0 Å². The van der Waals surface area contributed by atoms with E-state index in [9.17, 15) is 0 Å². The number of anilines is 2. The highest BCUT2D eigenvalue weighted by atomic mass is 16.5. The Bertz CT molecular complexity index is 1120. The number of ether oxygens (including phenoxy) is 1. The van der Waals surface area contributed by atoms with E-state index in [1.807, 2.05) is 36.4 Å². The van der Waals surface area contributed by atoms with Gasteiger partial charge in [-0.25, -0.2) is 4.98 Å². The molecule has 0 aliphatic rings.